The lowest BCUT2D eigenvalue weighted by Gasteiger charge is -2.13. The fourth-order valence-electron chi connectivity index (χ4n) is 2.91. The second-order valence-corrected chi connectivity index (χ2v) is 9.27. The van der Waals surface area contributed by atoms with E-state index in [1.54, 1.807) is 0 Å². The van der Waals surface area contributed by atoms with Gasteiger partial charge >= 0.3 is 0 Å². The number of hydrogen-bond acceptors (Lipinski definition) is 4. The molecule has 0 atom stereocenters. The Hall–Kier alpha value is -2.94. The van der Waals surface area contributed by atoms with Crippen LogP contribution in [0.4, 0.5) is 10.1 Å². The number of amides is 1. The first-order chi connectivity index (χ1) is 14.7. The van der Waals surface area contributed by atoms with E-state index in [9.17, 15) is 17.6 Å². The van der Waals surface area contributed by atoms with Crippen molar-refractivity contribution < 1.29 is 17.6 Å². The molecule has 0 saturated heterocycles. The summed E-state index contributed by atoms with van der Waals surface area (Å²) in [4.78, 5) is 16.7. The van der Waals surface area contributed by atoms with Crippen LogP contribution >= 0.6 is 0 Å². The van der Waals surface area contributed by atoms with Crippen LogP contribution in [0, 0.1) is 5.82 Å². The summed E-state index contributed by atoms with van der Waals surface area (Å²) in [5.41, 5.74) is 2.82. The molecule has 2 rings (SSSR count). The predicted octanol–water partition coefficient (Wildman–Crippen LogP) is 2.63. The van der Waals surface area contributed by atoms with E-state index in [4.69, 9.17) is 0 Å². The van der Waals surface area contributed by atoms with Crippen LogP contribution in [0.5, 0.6) is 0 Å². The summed E-state index contributed by atoms with van der Waals surface area (Å²) < 4.78 is 37.0. The fraction of sp³-hybridized carbons (Fsp3) is 0.364. The van der Waals surface area contributed by atoms with Gasteiger partial charge in [0, 0.05) is 18.5 Å². The van der Waals surface area contributed by atoms with E-state index in [-0.39, 0.29) is 24.7 Å². The number of carbonyl (C=O) groups excluding carboxylic acids is 1. The van der Waals surface area contributed by atoms with Gasteiger partial charge in [0.1, 0.15) is 5.82 Å². The topological polar surface area (TPSA) is 99.7 Å². The molecule has 3 N–H and O–H groups in total. The van der Waals surface area contributed by atoms with Crippen LogP contribution in [0.25, 0.3) is 0 Å². The molecule has 0 bridgehead atoms. The predicted molar refractivity (Wildman–Crippen MR) is 122 cm³/mol. The van der Waals surface area contributed by atoms with Crippen molar-refractivity contribution in [2.75, 3.05) is 24.7 Å². The number of nitrogens with zero attached hydrogens (tertiary/aromatic N) is 1. The molecule has 9 heteroatoms. The molecule has 0 spiro atoms. The molecule has 2 aromatic carbocycles. The molecule has 0 fully saturated rings. The SMILES string of the molecule is CCNC(=NCc1cc(F)ccc1CS(C)(=O)=O)NCC(=O)Nc1cccc(CC)c1. The molecule has 0 aliphatic heterocycles. The Kier molecular flexibility index (Phi) is 8.99. The zero-order chi connectivity index (χ0) is 22.9. The van der Waals surface area contributed by atoms with Gasteiger partial charge in [-0.3, -0.25) is 4.79 Å². The van der Waals surface area contributed by atoms with E-state index in [0.717, 1.165) is 23.9 Å². The minimum absolute atomic E-state index is 0.0124. The number of carbonyl (C=O) groups is 1. The molecule has 31 heavy (non-hydrogen) atoms. The van der Waals surface area contributed by atoms with E-state index in [2.05, 4.69) is 20.9 Å². The Balaban J connectivity index is 2.05. The van der Waals surface area contributed by atoms with Gasteiger partial charge in [0.25, 0.3) is 0 Å². The fourth-order valence-corrected chi connectivity index (χ4v) is 3.76. The van der Waals surface area contributed by atoms with Crippen molar-refractivity contribution in [3.05, 3.63) is 65.0 Å². The van der Waals surface area contributed by atoms with Crippen molar-refractivity contribution in [1.82, 2.24) is 10.6 Å². The number of rotatable bonds is 9. The van der Waals surface area contributed by atoms with Gasteiger partial charge in [0.2, 0.25) is 5.91 Å². The summed E-state index contributed by atoms with van der Waals surface area (Å²) >= 11 is 0. The Morgan fingerprint density at radius 3 is 2.52 bits per heavy atom. The van der Waals surface area contributed by atoms with Gasteiger partial charge in [-0.05, 0) is 54.3 Å². The lowest BCUT2D eigenvalue weighted by Crippen LogP contribution is -2.41. The highest BCUT2D eigenvalue weighted by Gasteiger charge is 2.11. The van der Waals surface area contributed by atoms with Crippen LogP contribution in [0.15, 0.2) is 47.5 Å². The smallest absolute Gasteiger partial charge is 0.243 e. The minimum Gasteiger partial charge on any atom is -0.357 e. The van der Waals surface area contributed by atoms with Crippen LogP contribution in [0.1, 0.15) is 30.5 Å². The Morgan fingerprint density at radius 1 is 1.06 bits per heavy atom. The number of nitrogens with one attached hydrogen (secondary N) is 3. The van der Waals surface area contributed by atoms with Crippen LogP contribution in [0.2, 0.25) is 0 Å². The van der Waals surface area contributed by atoms with Gasteiger partial charge in [0.05, 0.1) is 18.8 Å². The lowest BCUT2D eigenvalue weighted by molar-refractivity contribution is -0.115. The van der Waals surface area contributed by atoms with Crippen LogP contribution in [0.3, 0.4) is 0 Å². The van der Waals surface area contributed by atoms with Gasteiger partial charge in [-0.2, -0.15) is 0 Å². The second kappa shape index (κ2) is 11.5. The van der Waals surface area contributed by atoms with Crippen LogP contribution in [-0.4, -0.2) is 39.6 Å². The van der Waals surface area contributed by atoms with Crippen LogP contribution < -0.4 is 16.0 Å². The summed E-state index contributed by atoms with van der Waals surface area (Å²) in [6, 6.07) is 11.6. The number of hydrogen-bond donors (Lipinski definition) is 3. The average molecular weight is 449 g/mol. The molecule has 168 valence electrons. The molecule has 0 aromatic heterocycles. The molecule has 7 nitrogen and oxygen atoms in total. The summed E-state index contributed by atoms with van der Waals surface area (Å²) in [7, 11) is -3.27. The molecule has 0 saturated carbocycles. The van der Waals surface area contributed by atoms with Crippen molar-refractivity contribution in [3.63, 3.8) is 0 Å². The molecule has 0 radical (unpaired) electrons. The van der Waals surface area contributed by atoms with Crippen molar-refractivity contribution in [2.24, 2.45) is 4.99 Å². The zero-order valence-corrected chi connectivity index (χ0v) is 18.9. The second-order valence-electron chi connectivity index (χ2n) is 7.13. The van der Waals surface area contributed by atoms with E-state index in [0.29, 0.717) is 23.6 Å². The molecule has 0 heterocycles. The molecule has 2 aromatic rings. The number of halogens is 1. The van der Waals surface area contributed by atoms with E-state index in [1.807, 2.05) is 38.1 Å². The Labute approximate surface area is 183 Å². The largest absolute Gasteiger partial charge is 0.357 e. The van der Waals surface area contributed by atoms with E-state index < -0.39 is 15.7 Å². The van der Waals surface area contributed by atoms with Gasteiger partial charge in [0.15, 0.2) is 15.8 Å². The third-order valence-corrected chi connectivity index (χ3v) is 5.21. The highest BCUT2D eigenvalue weighted by Crippen LogP contribution is 2.15. The van der Waals surface area contributed by atoms with Crippen molar-refractivity contribution in [1.29, 1.82) is 0 Å². The first kappa shape index (κ1) is 24.3. The first-order valence-electron chi connectivity index (χ1n) is 10.1. The zero-order valence-electron chi connectivity index (χ0n) is 18.0. The van der Waals surface area contributed by atoms with E-state index >= 15 is 0 Å². The lowest BCUT2D eigenvalue weighted by atomic mass is 10.1. The number of aliphatic imine (C=N–C) groups is 1. The summed E-state index contributed by atoms with van der Waals surface area (Å²) in [5.74, 6) is -0.521. The standard InChI is InChI=1S/C22H29FN4O3S/c1-4-16-7-6-8-20(11-16)27-21(28)14-26-22(24-5-2)25-13-18-12-19(23)10-9-17(18)15-31(3,29)30/h6-12H,4-5,13-15H2,1-3H3,(H,27,28)(H2,24,25,26). The summed E-state index contributed by atoms with van der Waals surface area (Å²) in [6.07, 6.45) is 2.00. The monoisotopic (exact) mass is 448 g/mol. The van der Waals surface area contributed by atoms with Gasteiger partial charge < -0.3 is 16.0 Å². The van der Waals surface area contributed by atoms with Crippen molar-refractivity contribution in [2.45, 2.75) is 32.6 Å². The third kappa shape index (κ3) is 8.75. The number of guanidine groups is 1. The Morgan fingerprint density at radius 2 is 1.84 bits per heavy atom. The molecular weight excluding hydrogens is 419 g/mol. The number of sulfone groups is 1. The van der Waals surface area contributed by atoms with Gasteiger partial charge in [-0.1, -0.05) is 25.1 Å². The number of aryl methyl sites for hydroxylation is 1. The number of anilines is 1. The Bertz CT molecular complexity index is 1040. The third-order valence-electron chi connectivity index (χ3n) is 4.37. The molecule has 1 amide bonds. The molecule has 0 aliphatic carbocycles. The number of benzene rings is 2. The normalized spacial score (nSPS) is 11.8. The average Bonchev–Trinajstić information content (AvgIpc) is 2.71. The molecule has 0 unspecified atom stereocenters. The van der Waals surface area contributed by atoms with Crippen LogP contribution in [-0.2, 0) is 33.4 Å². The maximum absolute atomic E-state index is 13.7. The first-order valence-corrected chi connectivity index (χ1v) is 12.1. The molecule has 0 aliphatic rings. The van der Waals surface area contributed by atoms with Crippen molar-refractivity contribution >= 4 is 27.4 Å². The van der Waals surface area contributed by atoms with Gasteiger partial charge in [-0.15, -0.1) is 0 Å². The maximum atomic E-state index is 13.7. The quantitative estimate of drug-likeness (QED) is 0.405. The van der Waals surface area contributed by atoms with Gasteiger partial charge in [-0.25, -0.2) is 17.8 Å². The molecular formula is C22H29FN4O3S. The summed E-state index contributed by atoms with van der Waals surface area (Å²) in [5, 5.41) is 8.79. The maximum Gasteiger partial charge on any atom is 0.243 e. The minimum atomic E-state index is -3.27. The van der Waals surface area contributed by atoms with Crippen molar-refractivity contribution in [3.8, 4) is 0 Å². The van der Waals surface area contributed by atoms with E-state index in [1.165, 1.54) is 18.2 Å². The highest BCUT2D eigenvalue weighted by molar-refractivity contribution is 7.89. The summed E-state index contributed by atoms with van der Waals surface area (Å²) in [6.45, 7) is 4.54. The highest BCUT2D eigenvalue weighted by atomic mass is 32.2.